The van der Waals surface area contributed by atoms with Crippen molar-refractivity contribution in [3.63, 3.8) is 0 Å². The second-order valence-corrected chi connectivity index (χ2v) is 10.2. The van der Waals surface area contributed by atoms with Crippen molar-refractivity contribution in [2.75, 3.05) is 6.54 Å². The quantitative estimate of drug-likeness (QED) is 0.334. The van der Waals surface area contributed by atoms with E-state index in [4.69, 9.17) is 13.7 Å². The smallest absolute Gasteiger partial charge is 0.313 e. The van der Waals surface area contributed by atoms with Gasteiger partial charge in [-0.15, -0.1) is 0 Å². The lowest BCUT2D eigenvalue weighted by Crippen LogP contribution is -2.53. The normalized spacial score (nSPS) is 13.9. The summed E-state index contributed by atoms with van der Waals surface area (Å²) >= 11 is 0. The molecule has 0 saturated heterocycles. The number of hydrogen-bond acceptors (Lipinski definition) is 7. The third-order valence-corrected chi connectivity index (χ3v) is 9.72. The van der Waals surface area contributed by atoms with E-state index in [0.717, 1.165) is 5.56 Å². The Balaban J connectivity index is 3.05. The van der Waals surface area contributed by atoms with E-state index in [0.29, 0.717) is 0 Å². The largest absolute Gasteiger partial charge is 0.346 e. The van der Waals surface area contributed by atoms with Crippen LogP contribution in [0.4, 0.5) is 0 Å². The molecule has 13 heteroatoms. The minimum Gasteiger partial charge on any atom is -0.313 e. The molecule has 0 aliphatic carbocycles. The first kappa shape index (κ1) is 20.0. The van der Waals surface area contributed by atoms with E-state index in [1.165, 1.54) is 0 Å². The average molecular weight is 389 g/mol. The standard InChI is InChI=1S/C10H15NO9S3/c12-21(13,14)10(22(15,16)17,23(18,19)20)6-7-11-8-9-4-2-1-3-5-9/h1-5,11H,6-8H2,(H,12,13,14)(H,15,16,17)(H,18,19,20). The summed E-state index contributed by atoms with van der Waals surface area (Å²) < 4.78 is 90.3. The molecule has 4 N–H and O–H groups in total. The second-order valence-electron chi connectivity index (χ2n) is 4.52. The Hall–Kier alpha value is -1.09. The SMILES string of the molecule is O=S(=O)(O)C(CCNCc1ccccc1)(S(=O)(=O)O)S(=O)(=O)O. The molecular weight excluding hydrogens is 374 g/mol. The van der Waals surface area contributed by atoms with E-state index in [2.05, 4.69) is 5.32 Å². The van der Waals surface area contributed by atoms with Crippen molar-refractivity contribution in [1.29, 1.82) is 0 Å². The molecule has 0 aromatic heterocycles. The Labute approximate surface area is 133 Å². The van der Waals surface area contributed by atoms with Gasteiger partial charge in [-0.1, -0.05) is 30.3 Å². The molecule has 0 fully saturated rings. The molecule has 1 aromatic carbocycles. The molecule has 0 unspecified atom stereocenters. The van der Waals surface area contributed by atoms with Crippen LogP contribution in [0.1, 0.15) is 12.0 Å². The monoisotopic (exact) mass is 389 g/mol. The highest BCUT2D eigenvalue weighted by atomic mass is 32.3. The zero-order chi connectivity index (χ0) is 17.9. The molecule has 0 bridgehead atoms. The molecule has 0 radical (unpaired) electrons. The van der Waals surface area contributed by atoms with E-state index in [9.17, 15) is 25.3 Å². The van der Waals surface area contributed by atoms with Gasteiger partial charge in [0.2, 0.25) is 0 Å². The van der Waals surface area contributed by atoms with E-state index >= 15 is 0 Å². The Kier molecular flexibility index (Phi) is 5.90. The molecule has 0 amide bonds. The topological polar surface area (TPSA) is 175 Å². The fourth-order valence-corrected chi connectivity index (χ4v) is 6.13. The van der Waals surface area contributed by atoms with Crippen LogP contribution < -0.4 is 5.32 Å². The van der Waals surface area contributed by atoms with Gasteiger partial charge in [0.05, 0.1) is 0 Å². The highest BCUT2D eigenvalue weighted by Crippen LogP contribution is 2.32. The maximum atomic E-state index is 11.3. The van der Waals surface area contributed by atoms with Crippen molar-refractivity contribution in [1.82, 2.24) is 5.32 Å². The van der Waals surface area contributed by atoms with Gasteiger partial charge in [0.25, 0.3) is 0 Å². The van der Waals surface area contributed by atoms with Crippen LogP contribution in [0.3, 0.4) is 0 Å². The minimum atomic E-state index is -5.90. The predicted octanol–water partition coefficient (Wildman–Crippen LogP) is -0.516. The molecule has 1 aromatic rings. The maximum Gasteiger partial charge on any atom is 0.346 e. The highest BCUT2D eigenvalue weighted by Gasteiger charge is 2.64. The Bertz CT molecular complexity index is 765. The van der Waals surface area contributed by atoms with Gasteiger partial charge in [-0.05, 0) is 12.1 Å². The molecule has 1 rings (SSSR count). The zero-order valence-corrected chi connectivity index (χ0v) is 14.0. The summed E-state index contributed by atoms with van der Waals surface area (Å²) in [6, 6.07) is 8.53. The van der Waals surface area contributed by atoms with Gasteiger partial charge >= 0.3 is 33.8 Å². The van der Waals surface area contributed by atoms with Crippen LogP contribution in [0.5, 0.6) is 0 Å². The van der Waals surface area contributed by atoms with Crippen LogP contribution >= 0.6 is 0 Å². The van der Waals surface area contributed by atoms with Crippen molar-refractivity contribution in [3.05, 3.63) is 35.9 Å². The summed E-state index contributed by atoms with van der Waals surface area (Å²) in [6.07, 6.45) is -1.32. The molecule has 23 heavy (non-hydrogen) atoms. The molecule has 132 valence electrons. The van der Waals surface area contributed by atoms with Crippen molar-refractivity contribution in [3.8, 4) is 0 Å². The van der Waals surface area contributed by atoms with Crippen LogP contribution in [-0.4, -0.2) is 48.9 Å². The van der Waals surface area contributed by atoms with Crippen LogP contribution in [0.15, 0.2) is 30.3 Å². The number of rotatable bonds is 8. The molecule has 10 nitrogen and oxygen atoms in total. The maximum absolute atomic E-state index is 11.3. The number of nitrogens with one attached hydrogen (secondary N) is 1. The van der Waals surface area contributed by atoms with Gasteiger partial charge in [0.15, 0.2) is 0 Å². The second kappa shape index (κ2) is 6.80. The lowest BCUT2D eigenvalue weighted by Gasteiger charge is -2.24. The summed E-state index contributed by atoms with van der Waals surface area (Å²) in [7, 11) is -17.7. The first-order chi connectivity index (χ1) is 10.3. The fraction of sp³-hybridized carbons (Fsp3) is 0.400. The third-order valence-electron chi connectivity index (χ3n) is 2.96. The molecule has 0 saturated carbocycles. The van der Waals surface area contributed by atoms with Crippen LogP contribution in [0.25, 0.3) is 0 Å². The van der Waals surface area contributed by atoms with Gasteiger partial charge in [-0.3, -0.25) is 13.7 Å². The third kappa shape index (κ3) is 4.26. The average Bonchev–Trinajstić information content (AvgIpc) is 2.35. The first-order valence-corrected chi connectivity index (χ1v) is 10.3. The Morgan fingerprint density at radius 2 is 1.26 bits per heavy atom. The highest BCUT2D eigenvalue weighted by molar-refractivity contribution is 8.21. The Morgan fingerprint density at radius 3 is 1.65 bits per heavy atom. The van der Waals surface area contributed by atoms with E-state index in [-0.39, 0.29) is 6.54 Å². The van der Waals surface area contributed by atoms with Crippen molar-refractivity contribution >= 4 is 30.4 Å². The summed E-state index contributed by atoms with van der Waals surface area (Å²) in [5, 5.41) is 2.55. The van der Waals surface area contributed by atoms with Gasteiger partial charge in [0, 0.05) is 13.0 Å². The molecule has 0 spiro atoms. The van der Waals surface area contributed by atoms with Crippen LogP contribution in [-0.2, 0) is 36.9 Å². The fourth-order valence-electron chi connectivity index (χ4n) is 1.86. The molecule has 0 atom stereocenters. The number of hydrogen-bond donors (Lipinski definition) is 4. The van der Waals surface area contributed by atoms with Gasteiger partial charge in [-0.25, -0.2) is 0 Å². The lowest BCUT2D eigenvalue weighted by atomic mass is 10.2. The van der Waals surface area contributed by atoms with Crippen LogP contribution in [0, 0.1) is 0 Å². The first-order valence-electron chi connectivity index (χ1n) is 5.98. The van der Waals surface area contributed by atoms with E-state index in [1.807, 2.05) is 0 Å². The summed E-state index contributed by atoms with van der Waals surface area (Å²) in [5.74, 6) is 0. The summed E-state index contributed by atoms with van der Waals surface area (Å²) in [4.78, 5) is 0. The number of benzene rings is 1. The Morgan fingerprint density at radius 1 is 0.826 bits per heavy atom. The van der Waals surface area contributed by atoms with Crippen molar-refractivity contribution < 1.29 is 38.9 Å². The van der Waals surface area contributed by atoms with Gasteiger partial charge < -0.3 is 5.32 Å². The van der Waals surface area contributed by atoms with Crippen LogP contribution in [0.2, 0.25) is 0 Å². The summed E-state index contributed by atoms with van der Waals surface area (Å²) in [6.45, 7) is -0.437. The van der Waals surface area contributed by atoms with Gasteiger partial charge in [0.1, 0.15) is 0 Å². The van der Waals surface area contributed by atoms with E-state index < -0.39 is 46.7 Å². The predicted molar refractivity (Wildman–Crippen MR) is 80.1 cm³/mol. The summed E-state index contributed by atoms with van der Waals surface area (Å²) in [5.41, 5.74) is 0.726. The minimum absolute atomic E-state index is 0.124. The molecule has 0 aliphatic heterocycles. The van der Waals surface area contributed by atoms with Crippen molar-refractivity contribution in [2.45, 2.75) is 16.4 Å². The molecule has 0 aliphatic rings. The lowest BCUT2D eigenvalue weighted by molar-refractivity contribution is 0.414. The molecular formula is C10H15NO9S3. The van der Waals surface area contributed by atoms with E-state index in [1.54, 1.807) is 30.3 Å². The van der Waals surface area contributed by atoms with Gasteiger partial charge in [-0.2, -0.15) is 25.3 Å². The molecule has 0 heterocycles. The zero-order valence-electron chi connectivity index (χ0n) is 11.5. The van der Waals surface area contributed by atoms with Crippen molar-refractivity contribution in [2.24, 2.45) is 0 Å².